The molecule has 0 bridgehead atoms. The summed E-state index contributed by atoms with van der Waals surface area (Å²) < 4.78 is 36.7. The van der Waals surface area contributed by atoms with Crippen LogP contribution in [0.15, 0.2) is 24.3 Å². The molecule has 0 radical (unpaired) electrons. The van der Waals surface area contributed by atoms with Gasteiger partial charge in [-0.05, 0) is 24.3 Å². The minimum atomic E-state index is -5.08. The Hall–Kier alpha value is -2.29. The number of methoxy groups -OCH3 is 1. The number of rotatable bonds is 3. The summed E-state index contributed by atoms with van der Waals surface area (Å²) in [4.78, 5) is 21.6. The van der Waals surface area contributed by atoms with Gasteiger partial charge in [0.05, 0.1) is 13.7 Å². The number of anilines is 1. The van der Waals surface area contributed by atoms with Gasteiger partial charge in [0.2, 0.25) is 5.91 Å². The van der Waals surface area contributed by atoms with Crippen molar-refractivity contribution in [2.75, 3.05) is 25.6 Å². The summed E-state index contributed by atoms with van der Waals surface area (Å²) in [5, 5.41) is 7.12. The Balaban J connectivity index is 0.000000486. The topological polar surface area (TPSA) is 92.9 Å². The standard InChI is InChI=1S/C10H14N2O2.C2HF3O2/c1-12(10(13)7-11)8-3-5-9(14-2)6-4-8;3-2(4,5)1(6)7/h3-6H,7,11H2,1-2H3;(H,6,7). The highest BCUT2D eigenvalue weighted by molar-refractivity contribution is 5.94. The van der Waals surface area contributed by atoms with Crippen molar-refractivity contribution in [1.29, 1.82) is 0 Å². The second-order valence-corrected chi connectivity index (χ2v) is 3.66. The number of alkyl halides is 3. The summed E-state index contributed by atoms with van der Waals surface area (Å²) in [7, 11) is 3.29. The van der Waals surface area contributed by atoms with Gasteiger partial charge in [-0.15, -0.1) is 0 Å². The number of carbonyl (C=O) groups excluding carboxylic acids is 1. The Morgan fingerprint density at radius 1 is 1.29 bits per heavy atom. The molecule has 0 saturated carbocycles. The minimum absolute atomic E-state index is 0.0164. The number of nitrogens with zero attached hydrogens (tertiary/aromatic N) is 1. The molecule has 0 spiro atoms. The van der Waals surface area contributed by atoms with Gasteiger partial charge in [-0.3, -0.25) is 4.79 Å². The maximum absolute atomic E-state index is 11.2. The van der Waals surface area contributed by atoms with E-state index in [4.69, 9.17) is 20.4 Å². The second-order valence-electron chi connectivity index (χ2n) is 3.66. The van der Waals surface area contributed by atoms with E-state index in [1.165, 1.54) is 4.90 Å². The molecule has 0 aliphatic carbocycles. The molecule has 0 aliphatic rings. The van der Waals surface area contributed by atoms with Crippen LogP contribution in [0.4, 0.5) is 18.9 Å². The van der Waals surface area contributed by atoms with Crippen molar-refractivity contribution in [2.45, 2.75) is 6.18 Å². The van der Waals surface area contributed by atoms with Crippen molar-refractivity contribution in [3.63, 3.8) is 0 Å². The number of ether oxygens (including phenoxy) is 1. The van der Waals surface area contributed by atoms with Crippen LogP contribution in [-0.4, -0.2) is 43.9 Å². The first-order valence-electron chi connectivity index (χ1n) is 5.54. The van der Waals surface area contributed by atoms with Crippen molar-refractivity contribution in [2.24, 2.45) is 5.73 Å². The Morgan fingerprint density at radius 2 is 1.71 bits per heavy atom. The van der Waals surface area contributed by atoms with E-state index in [1.807, 2.05) is 12.1 Å². The zero-order valence-electron chi connectivity index (χ0n) is 11.3. The number of amides is 1. The van der Waals surface area contributed by atoms with Crippen LogP contribution >= 0.6 is 0 Å². The van der Waals surface area contributed by atoms with Crippen LogP contribution in [0, 0.1) is 0 Å². The van der Waals surface area contributed by atoms with Crippen molar-refractivity contribution in [1.82, 2.24) is 0 Å². The fraction of sp³-hybridized carbons (Fsp3) is 0.333. The third-order valence-corrected chi connectivity index (χ3v) is 2.25. The van der Waals surface area contributed by atoms with Crippen molar-refractivity contribution >= 4 is 17.6 Å². The fourth-order valence-corrected chi connectivity index (χ4v) is 1.09. The maximum atomic E-state index is 11.2. The number of aliphatic carboxylic acids is 1. The van der Waals surface area contributed by atoms with E-state index in [0.29, 0.717) is 0 Å². The van der Waals surface area contributed by atoms with E-state index in [2.05, 4.69) is 0 Å². The maximum Gasteiger partial charge on any atom is 0.490 e. The smallest absolute Gasteiger partial charge is 0.490 e. The van der Waals surface area contributed by atoms with Gasteiger partial charge in [0.1, 0.15) is 5.75 Å². The molecule has 21 heavy (non-hydrogen) atoms. The van der Waals surface area contributed by atoms with Crippen molar-refractivity contribution in [3.8, 4) is 5.75 Å². The summed E-state index contributed by atoms with van der Waals surface area (Å²) in [6.07, 6.45) is -5.08. The van der Waals surface area contributed by atoms with E-state index in [9.17, 15) is 18.0 Å². The van der Waals surface area contributed by atoms with Crippen LogP contribution < -0.4 is 15.4 Å². The van der Waals surface area contributed by atoms with Gasteiger partial charge < -0.3 is 20.5 Å². The third-order valence-electron chi connectivity index (χ3n) is 2.25. The quantitative estimate of drug-likeness (QED) is 0.876. The van der Waals surface area contributed by atoms with Gasteiger partial charge in [0.15, 0.2) is 0 Å². The number of carboxylic acids is 1. The number of benzene rings is 1. The van der Waals surface area contributed by atoms with Crippen LogP contribution in [0.2, 0.25) is 0 Å². The number of carboxylic acid groups (broad SMARTS) is 1. The Labute approximate surface area is 118 Å². The number of halogens is 3. The molecular formula is C12H15F3N2O4. The lowest BCUT2D eigenvalue weighted by Gasteiger charge is -2.16. The van der Waals surface area contributed by atoms with Gasteiger partial charge >= 0.3 is 12.1 Å². The first kappa shape index (κ1) is 18.7. The molecule has 0 atom stereocenters. The van der Waals surface area contributed by atoms with Crippen LogP contribution in [-0.2, 0) is 9.59 Å². The van der Waals surface area contributed by atoms with Gasteiger partial charge in [-0.1, -0.05) is 0 Å². The molecule has 0 fully saturated rings. The van der Waals surface area contributed by atoms with Gasteiger partial charge in [0.25, 0.3) is 0 Å². The molecule has 1 aromatic rings. The highest BCUT2D eigenvalue weighted by Crippen LogP contribution is 2.17. The molecule has 118 valence electrons. The predicted octanol–water partition coefficient (Wildman–Crippen LogP) is 1.25. The van der Waals surface area contributed by atoms with E-state index >= 15 is 0 Å². The molecule has 1 aromatic carbocycles. The van der Waals surface area contributed by atoms with E-state index < -0.39 is 12.1 Å². The van der Waals surface area contributed by atoms with Gasteiger partial charge in [-0.2, -0.15) is 13.2 Å². The molecule has 0 aromatic heterocycles. The highest BCUT2D eigenvalue weighted by atomic mass is 19.4. The zero-order valence-corrected chi connectivity index (χ0v) is 11.3. The molecule has 0 saturated heterocycles. The lowest BCUT2D eigenvalue weighted by molar-refractivity contribution is -0.192. The van der Waals surface area contributed by atoms with Gasteiger partial charge in [0, 0.05) is 12.7 Å². The summed E-state index contributed by atoms with van der Waals surface area (Å²) in [6.45, 7) is 0.0164. The number of carbonyl (C=O) groups is 2. The largest absolute Gasteiger partial charge is 0.497 e. The van der Waals surface area contributed by atoms with Gasteiger partial charge in [-0.25, -0.2) is 4.79 Å². The molecule has 1 amide bonds. The number of hydrogen-bond donors (Lipinski definition) is 2. The van der Waals surface area contributed by atoms with Crippen LogP contribution in [0.3, 0.4) is 0 Å². The second kappa shape index (κ2) is 8.10. The fourth-order valence-electron chi connectivity index (χ4n) is 1.09. The van der Waals surface area contributed by atoms with E-state index in [1.54, 1.807) is 26.3 Å². The molecule has 1 rings (SSSR count). The van der Waals surface area contributed by atoms with Crippen LogP contribution in [0.25, 0.3) is 0 Å². The number of hydrogen-bond acceptors (Lipinski definition) is 4. The SMILES string of the molecule is COc1ccc(N(C)C(=O)CN)cc1.O=C(O)C(F)(F)F. The normalized spacial score (nSPS) is 10.2. The lowest BCUT2D eigenvalue weighted by atomic mass is 10.3. The third kappa shape index (κ3) is 6.61. The van der Waals surface area contributed by atoms with Crippen LogP contribution in [0.5, 0.6) is 5.75 Å². The average Bonchev–Trinajstić information content (AvgIpc) is 2.45. The van der Waals surface area contributed by atoms with Crippen molar-refractivity contribution < 1.29 is 32.6 Å². The molecule has 0 unspecified atom stereocenters. The molecule has 0 heterocycles. The highest BCUT2D eigenvalue weighted by Gasteiger charge is 2.38. The number of likely N-dealkylation sites (N-methyl/N-ethyl adjacent to an activating group) is 1. The summed E-state index contributed by atoms with van der Waals surface area (Å²) >= 11 is 0. The summed E-state index contributed by atoms with van der Waals surface area (Å²) in [5.74, 6) is -2.11. The van der Waals surface area contributed by atoms with E-state index in [-0.39, 0.29) is 12.5 Å². The average molecular weight is 308 g/mol. The molecule has 9 heteroatoms. The predicted molar refractivity (Wildman–Crippen MR) is 69.1 cm³/mol. The molecule has 6 nitrogen and oxygen atoms in total. The Kier molecular flexibility index (Phi) is 7.22. The Morgan fingerprint density at radius 3 is 2.00 bits per heavy atom. The molecule has 3 N–H and O–H groups in total. The monoisotopic (exact) mass is 308 g/mol. The minimum Gasteiger partial charge on any atom is -0.497 e. The summed E-state index contributed by atoms with van der Waals surface area (Å²) in [6, 6.07) is 7.23. The first-order chi connectivity index (χ1) is 9.63. The molecule has 0 aliphatic heterocycles. The Bertz CT molecular complexity index is 474. The van der Waals surface area contributed by atoms with E-state index in [0.717, 1.165) is 11.4 Å². The molecular weight excluding hydrogens is 293 g/mol. The number of nitrogens with two attached hydrogens (primary N) is 1. The zero-order chi connectivity index (χ0) is 16.6. The first-order valence-corrected chi connectivity index (χ1v) is 5.54. The van der Waals surface area contributed by atoms with Crippen molar-refractivity contribution in [3.05, 3.63) is 24.3 Å². The van der Waals surface area contributed by atoms with Crippen LogP contribution in [0.1, 0.15) is 0 Å². The lowest BCUT2D eigenvalue weighted by Crippen LogP contribution is -2.32. The summed E-state index contributed by atoms with van der Waals surface area (Å²) in [5.41, 5.74) is 6.06.